The Bertz CT molecular complexity index is 776. The molecule has 0 saturated carbocycles. The molecule has 0 N–H and O–H groups in total. The van der Waals surface area contributed by atoms with Crippen molar-refractivity contribution in [3.63, 3.8) is 0 Å². The Morgan fingerprint density at radius 3 is 0.804 bits per heavy atom. The molecule has 0 aromatic rings. The third kappa shape index (κ3) is 49.6. The Morgan fingerprint density at radius 2 is 0.549 bits per heavy atom. The molecule has 0 aliphatic carbocycles. The largest absolute Gasteiger partial charge is 0.376 e. The number of ether oxygens (including phenoxy) is 9. The van der Waals surface area contributed by atoms with Crippen LogP contribution >= 0.6 is 0 Å². The molecule has 0 aliphatic rings. The van der Waals surface area contributed by atoms with Gasteiger partial charge in [-0.1, -0.05) is 0 Å². The van der Waals surface area contributed by atoms with Crippen LogP contribution in [0, 0.1) is 0 Å². The quantitative estimate of drug-likeness (QED) is 0.136. The third-order valence-corrected chi connectivity index (χ3v) is 5.70. The van der Waals surface area contributed by atoms with Crippen LogP contribution < -0.4 is 0 Å². The van der Waals surface area contributed by atoms with Crippen LogP contribution in [0.1, 0.15) is 166 Å². The van der Waals surface area contributed by atoms with E-state index in [9.17, 15) is 0 Å². The van der Waals surface area contributed by atoms with Crippen molar-refractivity contribution in [1.29, 1.82) is 0 Å². The van der Waals surface area contributed by atoms with Crippen molar-refractivity contribution in [3.8, 4) is 0 Å². The Hall–Kier alpha value is -0.360. The zero-order valence-corrected chi connectivity index (χ0v) is 38.4. The van der Waals surface area contributed by atoms with Gasteiger partial charge in [-0.3, -0.25) is 0 Å². The molecule has 0 saturated heterocycles. The Kier molecular flexibility index (Phi) is 26.9. The summed E-state index contributed by atoms with van der Waals surface area (Å²) in [7, 11) is 0. The maximum absolute atomic E-state index is 5.79. The molecule has 0 fully saturated rings. The minimum atomic E-state index is -0.117. The zero-order chi connectivity index (χ0) is 41.1. The van der Waals surface area contributed by atoms with Gasteiger partial charge in [-0.2, -0.15) is 0 Å². The van der Waals surface area contributed by atoms with E-state index in [4.69, 9.17) is 42.6 Å². The highest BCUT2D eigenvalue weighted by Gasteiger charge is 2.20. The minimum Gasteiger partial charge on any atom is -0.376 e. The van der Waals surface area contributed by atoms with Crippen LogP contribution in [0.15, 0.2) is 0 Å². The van der Waals surface area contributed by atoms with E-state index in [1.165, 1.54) is 0 Å². The molecule has 312 valence electrons. The predicted octanol–water partition coefficient (Wildman–Crippen LogP) is 10.2. The molecule has 0 amide bonds. The van der Waals surface area contributed by atoms with Crippen molar-refractivity contribution in [2.45, 2.75) is 236 Å². The summed E-state index contributed by atoms with van der Waals surface area (Å²) in [6.45, 7) is 52.7. The van der Waals surface area contributed by atoms with Crippen LogP contribution in [-0.4, -0.2) is 110 Å². The summed E-state index contributed by atoms with van der Waals surface area (Å²) in [5.41, 5.74) is -0.669. The number of rotatable bonds is 18. The van der Waals surface area contributed by atoms with Gasteiger partial charge in [0, 0.05) is 0 Å². The average molecular weight is 739 g/mol. The summed E-state index contributed by atoms with van der Waals surface area (Å²) in [6, 6.07) is 0. The lowest BCUT2D eigenvalue weighted by molar-refractivity contribution is -0.116. The second-order valence-corrected chi connectivity index (χ2v) is 19.8. The van der Waals surface area contributed by atoms with Crippen molar-refractivity contribution in [2.24, 2.45) is 0 Å². The molecule has 9 heteroatoms. The monoisotopic (exact) mass is 739 g/mol. The topological polar surface area (TPSA) is 83.1 Å². The molecule has 0 radical (unpaired) electrons. The highest BCUT2D eigenvalue weighted by molar-refractivity contribution is 4.67. The molecule has 6 unspecified atom stereocenters. The van der Waals surface area contributed by atoms with Crippen molar-refractivity contribution >= 4 is 0 Å². The van der Waals surface area contributed by atoms with Gasteiger partial charge >= 0.3 is 0 Å². The van der Waals surface area contributed by atoms with Crippen LogP contribution in [0.2, 0.25) is 0 Å². The molecule has 0 aromatic heterocycles. The van der Waals surface area contributed by atoms with E-state index in [0.29, 0.717) is 39.6 Å². The molecule has 0 aliphatic heterocycles. The predicted molar refractivity (Wildman–Crippen MR) is 214 cm³/mol. The Balaban J connectivity index is -0.000000678. The zero-order valence-electron chi connectivity index (χ0n) is 38.4. The van der Waals surface area contributed by atoms with Gasteiger partial charge in [0.1, 0.15) is 0 Å². The molecule has 0 heterocycles. The first-order valence-corrected chi connectivity index (χ1v) is 19.3. The second-order valence-electron chi connectivity index (χ2n) is 19.8. The van der Waals surface area contributed by atoms with Gasteiger partial charge in [0.25, 0.3) is 0 Å². The maximum atomic E-state index is 5.79. The van der Waals surface area contributed by atoms with Crippen molar-refractivity contribution in [1.82, 2.24) is 0 Å². The van der Waals surface area contributed by atoms with Crippen LogP contribution in [0.4, 0.5) is 0 Å². The molecule has 9 nitrogen and oxygen atoms in total. The van der Waals surface area contributed by atoms with E-state index in [1.807, 2.05) is 104 Å². The standard InChI is InChI=1S/3C14H30O3/c1-11(10-16-13(3,4)5)15-9-12(2)17-14(6,7)8;1-11(9-15-13(3,4)5)17-12(2)10-16-14(6,7)8;1-11(16-13(3,4)5)9-15-10-12(2)17-14(6,7)8/h3*11-12H,9-10H2,1-8H3. The van der Waals surface area contributed by atoms with Gasteiger partial charge in [0.15, 0.2) is 0 Å². The lowest BCUT2D eigenvalue weighted by atomic mass is 10.2. The maximum Gasteiger partial charge on any atom is 0.0787 e. The van der Waals surface area contributed by atoms with Gasteiger partial charge in [-0.25, -0.2) is 0 Å². The molecule has 0 bridgehead atoms. The van der Waals surface area contributed by atoms with Crippen LogP contribution in [-0.2, 0) is 42.6 Å². The van der Waals surface area contributed by atoms with Gasteiger partial charge in [0.2, 0.25) is 0 Å². The Labute approximate surface area is 318 Å². The molecular formula is C42H90O9. The highest BCUT2D eigenvalue weighted by Crippen LogP contribution is 2.15. The second kappa shape index (κ2) is 24.9. The fraction of sp³-hybridized carbons (Fsp3) is 1.00. The van der Waals surface area contributed by atoms with Gasteiger partial charge in [-0.15, -0.1) is 0 Å². The van der Waals surface area contributed by atoms with E-state index in [2.05, 4.69) is 62.3 Å². The minimum absolute atomic E-state index is 0.0905. The lowest BCUT2D eigenvalue weighted by Crippen LogP contribution is -2.32. The lowest BCUT2D eigenvalue weighted by Gasteiger charge is -2.27. The van der Waals surface area contributed by atoms with E-state index in [0.717, 1.165) is 0 Å². The van der Waals surface area contributed by atoms with Crippen molar-refractivity contribution in [3.05, 3.63) is 0 Å². The third-order valence-electron chi connectivity index (χ3n) is 5.70. The first-order valence-electron chi connectivity index (χ1n) is 19.3. The highest BCUT2D eigenvalue weighted by atomic mass is 16.6. The van der Waals surface area contributed by atoms with E-state index < -0.39 is 0 Å². The number of hydrogen-bond acceptors (Lipinski definition) is 9. The molecule has 51 heavy (non-hydrogen) atoms. The summed E-state index contributed by atoms with van der Waals surface area (Å²) < 4.78 is 51.4. The average Bonchev–Trinajstić information content (AvgIpc) is 2.85. The molecule has 0 spiro atoms. The molecule has 0 rings (SSSR count). The van der Waals surface area contributed by atoms with E-state index in [-0.39, 0.29) is 70.2 Å². The fourth-order valence-corrected chi connectivity index (χ4v) is 4.24. The summed E-state index contributed by atoms with van der Waals surface area (Å²) >= 11 is 0. The molecule has 0 aromatic carbocycles. The van der Waals surface area contributed by atoms with Crippen LogP contribution in [0.25, 0.3) is 0 Å². The van der Waals surface area contributed by atoms with Crippen molar-refractivity contribution in [2.75, 3.05) is 39.6 Å². The fourth-order valence-electron chi connectivity index (χ4n) is 4.24. The summed E-state index contributed by atoms with van der Waals surface area (Å²) in [5, 5.41) is 0. The number of hydrogen-bond donors (Lipinski definition) is 0. The van der Waals surface area contributed by atoms with E-state index >= 15 is 0 Å². The van der Waals surface area contributed by atoms with Crippen molar-refractivity contribution < 1.29 is 42.6 Å². The normalized spacial score (nSPS) is 16.9. The van der Waals surface area contributed by atoms with E-state index in [1.54, 1.807) is 0 Å². The van der Waals surface area contributed by atoms with Crippen LogP contribution in [0.3, 0.4) is 0 Å². The summed E-state index contributed by atoms with van der Waals surface area (Å²) in [5.74, 6) is 0. The smallest absolute Gasteiger partial charge is 0.0787 e. The molecular weight excluding hydrogens is 648 g/mol. The molecule has 6 atom stereocenters. The van der Waals surface area contributed by atoms with Crippen LogP contribution in [0.5, 0.6) is 0 Å². The summed E-state index contributed by atoms with van der Waals surface area (Å²) in [4.78, 5) is 0. The van der Waals surface area contributed by atoms with Gasteiger partial charge in [0.05, 0.1) is 110 Å². The first-order chi connectivity index (χ1) is 22.5. The first kappa shape index (κ1) is 55.0. The van der Waals surface area contributed by atoms with Gasteiger partial charge in [-0.05, 0) is 166 Å². The Morgan fingerprint density at radius 1 is 0.294 bits per heavy atom. The van der Waals surface area contributed by atoms with Gasteiger partial charge < -0.3 is 42.6 Å². The summed E-state index contributed by atoms with van der Waals surface area (Å²) in [6.07, 6.45) is 0.599. The SMILES string of the molecule is CC(COC(C)(C)C)OC(C)COC(C)(C)C.CC(COC(C)(C)C)OCC(C)OC(C)(C)C.CC(COCC(C)OC(C)(C)C)OC(C)(C)C.